The fourth-order valence-electron chi connectivity index (χ4n) is 4.96. The SMILES string of the molecule is Fc1cccc(F)c1C1CNNC1C1CCCN(Cc2cc3c(cc2Cl)OCO3)C1. The molecule has 30 heavy (non-hydrogen) atoms. The lowest BCUT2D eigenvalue weighted by atomic mass is 9.80. The van der Waals surface area contributed by atoms with Gasteiger partial charge in [-0.1, -0.05) is 17.7 Å². The lowest BCUT2D eigenvalue weighted by Crippen LogP contribution is -2.46. The largest absolute Gasteiger partial charge is 0.454 e. The van der Waals surface area contributed by atoms with Gasteiger partial charge in [0.05, 0.1) is 0 Å². The van der Waals surface area contributed by atoms with E-state index in [4.69, 9.17) is 21.1 Å². The molecular weight excluding hydrogens is 412 g/mol. The van der Waals surface area contributed by atoms with Crippen LogP contribution in [0, 0.1) is 17.6 Å². The molecule has 5 rings (SSSR count). The number of benzene rings is 2. The van der Waals surface area contributed by atoms with Crippen molar-refractivity contribution in [2.24, 2.45) is 5.92 Å². The number of piperidine rings is 1. The number of hydrogen-bond donors (Lipinski definition) is 2. The van der Waals surface area contributed by atoms with Gasteiger partial charge in [0.25, 0.3) is 0 Å². The molecule has 5 nitrogen and oxygen atoms in total. The van der Waals surface area contributed by atoms with E-state index < -0.39 is 11.6 Å². The molecule has 0 radical (unpaired) electrons. The molecule has 3 aliphatic rings. The van der Waals surface area contributed by atoms with Crippen molar-refractivity contribution in [1.29, 1.82) is 0 Å². The first kappa shape index (κ1) is 20.0. The molecule has 160 valence electrons. The monoisotopic (exact) mass is 435 g/mol. The molecule has 8 heteroatoms. The predicted molar refractivity (Wildman–Crippen MR) is 110 cm³/mol. The lowest BCUT2D eigenvalue weighted by molar-refractivity contribution is 0.139. The standard InChI is InChI=1S/C22H24ClF2N3O2/c23-16-8-20-19(29-12-30-20)7-14(16)11-28-6-2-3-13(10-28)22-15(9-26-27-22)21-17(24)4-1-5-18(21)25/h1,4-5,7-8,13,15,22,26-27H,2-3,6,9-12H2. The van der Waals surface area contributed by atoms with E-state index in [1.807, 2.05) is 6.07 Å². The Balaban J connectivity index is 1.32. The number of likely N-dealkylation sites (tertiary alicyclic amines) is 1. The first-order valence-electron chi connectivity index (χ1n) is 10.3. The van der Waals surface area contributed by atoms with Crippen LogP contribution in [-0.4, -0.2) is 37.4 Å². The Morgan fingerprint density at radius 1 is 1.13 bits per heavy atom. The van der Waals surface area contributed by atoms with Crippen molar-refractivity contribution in [3.63, 3.8) is 0 Å². The molecule has 3 aliphatic heterocycles. The van der Waals surface area contributed by atoms with Gasteiger partial charge in [-0.2, -0.15) is 0 Å². The van der Waals surface area contributed by atoms with Gasteiger partial charge in [-0.15, -0.1) is 0 Å². The molecule has 0 aliphatic carbocycles. The number of halogens is 3. The molecule has 2 aromatic carbocycles. The van der Waals surface area contributed by atoms with Crippen molar-refractivity contribution in [1.82, 2.24) is 15.8 Å². The zero-order valence-electron chi connectivity index (χ0n) is 16.5. The average Bonchev–Trinajstić information content (AvgIpc) is 3.38. The summed E-state index contributed by atoms with van der Waals surface area (Å²) in [6, 6.07) is 7.80. The maximum absolute atomic E-state index is 14.4. The van der Waals surface area contributed by atoms with Crippen LogP contribution in [0.3, 0.4) is 0 Å². The van der Waals surface area contributed by atoms with Crippen molar-refractivity contribution >= 4 is 11.6 Å². The van der Waals surface area contributed by atoms with Crippen LogP contribution >= 0.6 is 11.6 Å². The number of ether oxygens (including phenoxy) is 2. The van der Waals surface area contributed by atoms with E-state index in [9.17, 15) is 8.78 Å². The Kier molecular flexibility index (Phi) is 5.54. The van der Waals surface area contributed by atoms with Crippen LogP contribution in [0.25, 0.3) is 0 Å². The minimum Gasteiger partial charge on any atom is -0.454 e. The molecule has 3 atom stereocenters. The normalized spacial score (nSPS) is 26.3. The van der Waals surface area contributed by atoms with E-state index in [1.54, 1.807) is 6.07 Å². The molecule has 0 spiro atoms. The summed E-state index contributed by atoms with van der Waals surface area (Å²) in [5, 5.41) is 0.660. The first-order chi connectivity index (χ1) is 14.6. The molecule has 0 aromatic heterocycles. The van der Waals surface area contributed by atoms with Crippen LogP contribution in [0.4, 0.5) is 8.78 Å². The maximum Gasteiger partial charge on any atom is 0.231 e. The zero-order valence-corrected chi connectivity index (χ0v) is 17.2. The van der Waals surface area contributed by atoms with Crippen LogP contribution < -0.4 is 20.3 Å². The number of hydrazine groups is 1. The van der Waals surface area contributed by atoms with Gasteiger partial charge in [0, 0.05) is 48.2 Å². The topological polar surface area (TPSA) is 45.8 Å². The molecule has 0 bridgehead atoms. The Bertz CT molecular complexity index is 925. The Morgan fingerprint density at radius 3 is 2.70 bits per heavy atom. The molecule has 0 amide bonds. The van der Waals surface area contributed by atoms with Gasteiger partial charge < -0.3 is 9.47 Å². The highest BCUT2D eigenvalue weighted by atomic mass is 35.5. The van der Waals surface area contributed by atoms with Gasteiger partial charge in [0.15, 0.2) is 11.5 Å². The summed E-state index contributed by atoms with van der Waals surface area (Å²) in [5.74, 6) is 0.470. The molecular formula is C22H24ClF2N3O2. The molecule has 2 fully saturated rings. The maximum atomic E-state index is 14.4. The number of hydrogen-bond acceptors (Lipinski definition) is 5. The third kappa shape index (κ3) is 3.75. The second kappa shape index (κ2) is 8.30. The van der Waals surface area contributed by atoms with Gasteiger partial charge in [-0.05, 0) is 49.1 Å². The summed E-state index contributed by atoms with van der Waals surface area (Å²) in [4.78, 5) is 2.35. The number of nitrogens with zero attached hydrogens (tertiary/aromatic N) is 1. The van der Waals surface area contributed by atoms with Gasteiger partial charge in [-0.3, -0.25) is 15.8 Å². The van der Waals surface area contributed by atoms with Crippen LogP contribution in [0.5, 0.6) is 11.5 Å². The van der Waals surface area contributed by atoms with Gasteiger partial charge in [-0.25, -0.2) is 8.78 Å². The van der Waals surface area contributed by atoms with Gasteiger partial charge in [0.1, 0.15) is 11.6 Å². The minimum absolute atomic E-state index is 0.0357. The van der Waals surface area contributed by atoms with Crippen molar-refractivity contribution in [3.05, 3.63) is 58.1 Å². The highest BCUT2D eigenvalue weighted by Crippen LogP contribution is 2.38. The Morgan fingerprint density at radius 2 is 1.90 bits per heavy atom. The summed E-state index contributed by atoms with van der Waals surface area (Å²) in [5.41, 5.74) is 7.58. The number of fused-ring (bicyclic) bond motifs is 1. The van der Waals surface area contributed by atoms with E-state index in [1.165, 1.54) is 18.2 Å². The van der Waals surface area contributed by atoms with Gasteiger partial charge in [0.2, 0.25) is 6.79 Å². The van der Waals surface area contributed by atoms with E-state index in [0.29, 0.717) is 23.9 Å². The first-order valence-corrected chi connectivity index (χ1v) is 10.7. The summed E-state index contributed by atoms with van der Waals surface area (Å²) >= 11 is 6.46. The molecule has 0 saturated carbocycles. The van der Waals surface area contributed by atoms with Crippen LogP contribution in [-0.2, 0) is 6.54 Å². The van der Waals surface area contributed by atoms with Crippen LogP contribution in [0.15, 0.2) is 30.3 Å². The highest BCUT2D eigenvalue weighted by Gasteiger charge is 2.39. The smallest absolute Gasteiger partial charge is 0.231 e. The summed E-state index contributed by atoms with van der Waals surface area (Å²) in [6.07, 6.45) is 2.04. The molecule has 2 saturated heterocycles. The Labute approximate surface area is 179 Å². The summed E-state index contributed by atoms with van der Waals surface area (Å²) in [7, 11) is 0. The second-order valence-electron chi connectivity index (χ2n) is 8.23. The van der Waals surface area contributed by atoms with Crippen molar-refractivity contribution in [2.75, 3.05) is 26.4 Å². The lowest BCUT2D eigenvalue weighted by Gasteiger charge is -2.37. The second-order valence-corrected chi connectivity index (χ2v) is 8.63. The van der Waals surface area contributed by atoms with Crippen molar-refractivity contribution in [2.45, 2.75) is 31.3 Å². The molecule has 2 aromatic rings. The van der Waals surface area contributed by atoms with Crippen molar-refractivity contribution in [3.8, 4) is 11.5 Å². The third-order valence-corrected chi connectivity index (χ3v) is 6.73. The summed E-state index contributed by atoms with van der Waals surface area (Å²) in [6.45, 7) is 3.21. The fourth-order valence-corrected chi connectivity index (χ4v) is 5.17. The van der Waals surface area contributed by atoms with E-state index >= 15 is 0 Å². The predicted octanol–water partition coefficient (Wildman–Crippen LogP) is 3.82. The number of nitrogens with one attached hydrogen (secondary N) is 2. The fraction of sp³-hybridized carbons (Fsp3) is 0.455. The van der Waals surface area contributed by atoms with E-state index in [-0.39, 0.29) is 30.2 Å². The third-order valence-electron chi connectivity index (χ3n) is 6.38. The highest BCUT2D eigenvalue weighted by molar-refractivity contribution is 6.31. The van der Waals surface area contributed by atoms with E-state index in [2.05, 4.69) is 15.8 Å². The minimum atomic E-state index is -0.477. The molecule has 3 heterocycles. The van der Waals surface area contributed by atoms with Crippen molar-refractivity contribution < 1.29 is 18.3 Å². The van der Waals surface area contributed by atoms with Crippen LogP contribution in [0.1, 0.15) is 29.9 Å². The summed E-state index contributed by atoms with van der Waals surface area (Å²) < 4.78 is 39.7. The average molecular weight is 436 g/mol. The van der Waals surface area contributed by atoms with Gasteiger partial charge >= 0.3 is 0 Å². The number of rotatable bonds is 4. The van der Waals surface area contributed by atoms with Crippen LogP contribution in [0.2, 0.25) is 5.02 Å². The molecule has 2 N–H and O–H groups in total. The Hall–Kier alpha value is -1.93. The molecule has 3 unspecified atom stereocenters. The quantitative estimate of drug-likeness (QED) is 0.764. The van der Waals surface area contributed by atoms with E-state index in [0.717, 1.165) is 37.2 Å². The zero-order chi connectivity index (χ0) is 20.7.